The average Bonchev–Trinajstić information content (AvgIpc) is 3.29. The Balaban J connectivity index is 1.61. The minimum Gasteiger partial charge on any atom is -0.356 e. The molecule has 0 spiro atoms. The first-order chi connectivity index (χ1) is 12.5. The third kappa shape index (κ3) is 2.88. The van der Waals surface area contributed by atoms with Crippen LogP contribution < -0.4 is 5.32 Å². The number of hydrogen-bond donors (Lipinski definition) is 1. The first-order valence-corrected chi connectivity index (χ1v) is 8.67. The van der Waals surface area contributed by atoms with Crippen molar-refractivity contribution in [2.75, 3.05) is 5.32 Å². The van der Waals surface area contributed by atoms with E-state index in [1.54, 1.807) is 36.4 Å². The fourth-order valence-corrected chi connectivity index (χ4v) is 3.16. The van der Waals surface area contributed by atoms with Gasteiger partial charge in [-0.25, -0.2) is 4.39 Å². The van der Waals surface area contributed by atoms with Crippen molar-refractivity contribution in [1.82, 2.24) is 5.16 Å². The number of carbonyl (C=O) groups is 1. The predicted molar refractivity (Wildman–Crippen MR) is 97.6 cm³/mol. The van der Waals surface area contributed by atoms with Crippen molar-refractivity contribution in [3.63, 3.8) is 0 Å². The summed E-state index contributed by atoms with van der Waals surface area (Å²) in [6.45, 7) is 1.90. The number of amides is 1. The highest BCUT2D eigenvalue weighted by atomic mass is 35.5. The second-order valence-corrected chi connectivity index (χ2v) is 6.99. The van der Waals surface area contributed by atoms with Crippen LogP contribution in [-0.4, -0.2) is 11.1 Å². The maximum atomic E-state index is 13.9. The molecule has 0 aliphatic heterocycles. The Kier molecular flexibility index (Phi) is 4.04. The summed E-state index contributed by atoms with van der Waals surface area (Å²) in [5.41, 5.74) is 1.71. The summed E-state index contributed by atoms with van der Waals surface area (Å²) in [4.78, 5) is 12.9. The van der Waals surface area contributed by atoms with E-state index in [4.69, 9.17) is 16.1 Å². The smallest absolute Gasteiger partial charge is 0.236 e. The van der Waals surface area contributed by atoms with Crippen molar-refractivity contribution in [2.45, 2.75) is 25.2 Å². The van der Waals surface area contributed by atoms with Gasteiger partial charge in [-0.3, -0.25) is 4.79 Å². The predicted octanol–water partition coefficient (Wildman–Crippen LogP) is 5.11. The molecule has 2 aromatic carbocycles. The van der Waals surface area contributed by atoms with Crippen molar-refractivity contribution >= 4 is 23.2 Å². The molecule has 1 fully saturated rings. The van der Waals surface area contributed by atoms with E-state index in [1.165, 1.54) is 6.07 Å². The van der Waals surface area contributed by atoms with Crippen LogP contribution in [0, 0.1) is 12.7 Å². The normalized spacial score (nSPS) is 14.9. The molecule has 132 valence electrons. The van der Waals surface area contributed by atoms with Gasteiger partial charge in [0.15, 0.2) is 5.76 Å². The van der Waals surface area contributed by atoms with E-state index in [2.05, 4.69) is 10.5 Å². The van der Waals surface area contributed by atoms with Gasteiger partial charge in [0, 0.05) is 16.8 Å². The number of anilines is 1. The molecule has 1 amide bonds. The highest BCUT2D eigenvalue weighted by molar-refractivity contribution is 6.31. The lowest BCUT2D eigenvalue weighted by Crippen LogP contribution is -2.28. The van der Waals surface area contributed by atoms with E-state index in [1.807, 2.05) is 13.0 Å². The molecule has 1 heterocycles. The number of nitrogens with one attached hydrogen (secondary N) is 1. The van der Waals surface area contributed by atoms with Crippen LogP contribution in [0.1, 0.15) is 24.1 Å². The van der Waals surface area contributed by atoms with Crippen LogP contribution in [0.2, 0.25) is 5.02 Å². The number of carbonyl (C=O) groups excluding carboxylic acids is 1. The molecule has 4 nitrogen and oxygen atoms in total. The van der Waals surface area contributed by atoms with Crippen LogP contribution in [-0.2, 0) is 10.2 Å². The molecule has 3 aromatic rings. The van der Waals surface area contributed by atoms with E-state index < -0.39 is 5.41 Å². The van der Waals surface area contributed by atoms with Crippen molar-refractivity contribution in [3.05, 3.63) is 70.6 Å². The number of aromatic nitrogens is 1. The molecule has 26 heavy (non-hydrogen) atoms. The van der Waals surface area contributed by atoms with Crippen molar-refractivity contribution < 1.29 is 13.7 Å². The molecule has 0 unspecified atom stereocenters. The maximum Gasteiger partial charge on any atom is 0.236 e. The number of rotatable bonds is 4. The van der Waals surface area contributed by atoms with Gasteiger partial charge in [0.05, 0.1) is 16.7 Å². The zero-order valence-corrected chi connectivity index (χ0v) is 14.8. The van der Waals surface area contributed by atoms with E-state index in [-0.39, 0.29) is 11.7 Å². The summed E-state index contributed by atoms with van der Waals surface area (Å²) >= 11 is 6.02. The zero-order chi connectivity index (χ0) is 18.3. The standard InChI is InChI=1S/C20H16ClFN2O2/c1-12-6-7-13(21)10-16(12)23-19(25)20(8-9-20)18-11-17(26-24-18)14-4-2-3-5-15(14)22/h2-7,10-11H,8-9H2,1H3,(H,23,25). The summed E-state index contributed by atoms with van der Waals surface area (Å²) in [7, 11) is 0. The molecule has 1 aliphatic rings. The highest BCUT2D eigenvalue weighted by Gasteiger charge is 2.54. The van der Waals surface area contributed by atoms with Crippen LogP contribution in [0.3, 0.4) is 0 Å². The molecular formula is C20H16ClFN2O2. The van der Waals surface area contributed by atoms with Crippen LogP contribution in [0.4, 0.5) is 10.1 Å². The van der Waals surface area contributed by atoms with Crippen molar-refractivity contribution in [2.24, 2.45) is 0 Å². The highest BCUT2D eigenvalue weighted by Crippen LogP contribution is 2.49. The second-order valence-electron chi connectivity index (χ2n) is 6.55. The van der Waals surface area contributed by atoms with E-state index in [0.717, 1.165) is 5.56 Å². The monoisotopic (exact) mass is 370 g/mol. The second kappa shape index (κ2) is 6.25. The van der Waals surface area contributed by atoms with E-state index in [9.17, 15) is 9.18 Å². The Bertz CT molecular complexity index is 995. The minimum absolute atomic E-state index is 0.156. The summed E-state index contributed by atoms with van der Waals surface area (Å²) in [6.07, 6.45) is 1.34. The number of hydrogen-bond acceptors (Lipinski definition) is 3. The van der Waals surface area contributed by atoms with Gasteiger partial charge in [-0.1, -0.05) is 35.0 Å². The summed E-state index contributed by atoms with van der Waals surface area (Å²) < 4.78 is 19.3. The Morgan fingerprint density at radius 2 is 2.00 bits per heavy atom. The Hall–Kier alpha value is -2.66. The third-order valence-electron chi connectivity index (χ3n) is 4.77. The SMILES string of the molecule is Cc1ccc(Cl)cc1NC(=O)C1(c2cc(-c3ccccc3F)on2)CC1. The molecule has 0 saturated heterocycles. The first-order valence-electron chi connectivity index (χ1n) is 8.29. The van der Waals surface area contributed by atoms with Crippen molar-refractivity contribution in [3.8, 4) is 11.3 Å². The first kappa shape index (κ1) is 16.8. The number of benzene rings is 2. The third-order valence-corrected chi connectivity index (χ3v) is 5.01. The lowest BCUT2D eigenvalue weighted by Gasteiger charge is -2.14. The molecule has 1 N–H and O–H groups in total. The Labute approximate surface area is 155 Å². The molecule has 1 saturated carbocycles. The van der Waals surface area contributed by atoms with E-state index in [0.29, 0.717) is 40.6 Å². The van der Waals surface area contributed by atoms with E-state index >= 15 is 0 Å². The Morgan fingerprint density at radius 3 is 2.73 bits per heavy atom. The molecule has 0 atom stereocenters. The van der Waals surface area contributed by atoms with Gasteiger partial charge in [0.2, 0.25) is 5.91 Å². The fourth-order valence-electron chi connectivity index (χ4n) is 2.98. The van der Waals surface area contributed by atoms with Gasteiger partial charge in [0.25, 0.3) is 0 Å². The van der Waals surface area contributed by atoms with Gasteiger partial charge < -0.3 is 9.84 Å². The van der Waals surface area contributed by atoms with Gasteiger partial charge in [-0.2, -0.15) is 0 Å². The van der Waals surface area contributed by atoms with Crippen LogP contribution >= 0.6 is 11.6 Å². The molecule has 6 heteroatoms. The average molecular weight is 371 g/mol. The summed E-state index contributed by atoms with van der Waals surface area (Å²) in [5, 5.41) is 7.53. The quantitative estimate of drug-likeness (QED) is 0.694. The maximum absolute atomic E-state index is 13.9. The fraction of sp³-hybridized carbons (Fsp3) is 0.200. The molecular weight excluding hydrogens is 355 g/mol. The minimum atomic E-state index is -0.734. The van der Waals surface area contributed by atoms with Gasteiger partial charge in [0.1, 0.15) is 5.82 Å². The molecule has 0 radical (unpaired) electrons. The number of aryl methyl sites for hydroxylation is 1. The molecule has 4 rings (SSSR count). The van der Waals surface area contributed by atoms with Gasteiger partial charge in [-0.05, 0) is 49.6 Å². The lowest BCUT2D eigenvalue weighted by atomic mass is 9.99. The zero-order valence-electron chi connectivity index (χ0n) is 14.1. The van der Waals surface area contributed by atoms with Crippen LogP contribution in [0.25, 0.3) is 11.3 Å². The Morgan fingerprint density at radius 1 is 1.23 bits per heavy atom. The largest absolute Gasteiger partial charge is 0.356 e. The molecule has 1 aromatic heterocycles. The van der Waals surface area contributed by atoms with Crippen LogP contribution in [0.15, 0.2) is 53.1 Å². The molecule has 1 aliphatic carbocycles. The number of halogens is 2. The van der Waals surface area contributed by atoms with Crippen molar-refractivity contribution in [1.29, 1.82) is 0 Å². The molecule has 0 bridgehead atoms. The summed E-state index contributed by atoms with van der Waals surface area (Å²) in [6, 6.07) is 13.3. The summed E-state index contributed by atoms with van der Waals surface area (Å²) in [5.74, 6) is -0.230. The topological polar surface area (TPSA) is 55.1 Å². The van der Waals surface area contributed by atoms with Gasteiger partial charge in [-0.15, -0.1) is 0 Å². The van der Waals surface area contributed by atoms with Gasteiger partial charge >= 0.3 is 0 Å². The number of nitrogens with zero attached hydrogens (tertiary/aromatic N) is 1. The lowest BCUT2D eigenvalue weighted by molar-refractivity contribution is -0.118. The van der Waals surface area contributed by atoms with Crippen LogP contribution in [0.5, 0.6) is 0 Å².